The van der Waals surface area contributed by atoms with Crippen molar-refractivity contribution in [3.63, 3.8) is 0 Å². The lowest BCUT2D eigenvalue weighted by molar-refractivity contribution is 0.601. The van der Waals surface area contributed by atoms with Crippen molar-refractivity contribution >= 4 is 59.4 Å². The second-order valence-corrected chi connectivity index (χ2v) is 11.3. The maximum absolute atomic E-state index is 12.7. The molecule has 2 N–H and O–H groups in total. The van der Waals surface area contributed by atoms with E-state index in [1.54, 1.807) is 24.3 Å². The molecule has 0 aliphatic heterocycles. The van der Waals surface area contributed by atoms with Gasteiger partial charge in [0.15, 0.2) is 10.1 Å². The second-order valence-electron chi connectivity index (χ2n) is 7.61. The van der Waals surface area contributed by atoms with Crippen LogP contribution in [-0.4, -0.2) is 24.1 Å². The number of nitrogens with one attached hydrogen (secondary N) is 2. The number of hydrogen-bond donors (Lipinski definition) is 2. The van der Waals surface area contributed by atoms with Crippen LogP contribution in [0.25, 0.3) is 0 Å². The average molecular weight is 526 g/mol. The van der Waals surface area contributed by atoms with E-state index in [1.165, 1.54) is 22.7 Å². The zero-order chi connectivity index (χ0) is 25.0. The number of azo groups is 1. The molecule has 0 saturated heterocycles. The number of benzene rings is 2. The Morgan fingerprint density at radius 2 is 1.54 bits per heavy atom. The molecule has 0 amide bonds. The Morgan fingerprint density at radius 1 is 0.857 bits per heavy atom. The molecule has 0 saturated carbocycles. The van der Waals surface area contributed by atoms with Gasteiger partial charge in [0.05, 0.1) is 32.6 Å². The van der Waals surface area contributed by atoms with E-state index in [9.17, 15) is 8.42 Å². The van der Waals surface area contributed by atoms with Gasteiger partial charge in [-0.2, -0.15) is 5.10 Å². The van der Waals surface area contributed by atoms with Crippen molar-refractivity contribution in [1.29, 1.82) is 0 Å². The molecule has 9 nitrogen and oxygen atoms in total. The minimum atomic E-state index is -3.73. The first kappa shape index (κ1) is 24.6. The first-order valence-electron chi connectivity index (χ1n) is 10.5. The van der Waals surface area contributed by atoms with E-state index in [0.29, 0.717) is 21.5 Å². The number of nitrogens with zero attached hydrogens (tertiary/aromatic N) is 5. The minimum absolute atomic E-state index is 0.184. The van der Waals surface area contributed by atoms with Crippen molar-refractivity contribution in [3.05, 3.63) is 76.4 Å². The Bertz CT molecular complexity index is 1490. The highest BCUT2D eigenvalue weighted by molar-refractivity contribution is 7.93. The quantitative estimate of drug-likeness (QED) is 0.153. The van der Waals surface area contributed by atoms with Gasteiger partial charge in [0.1, 0.15) is 0 Å². The van der Waals surface area contributed by atoms with Gasteiger partial charge in [-0.25, -0.2) is 18.4 Å². The molecule has 35 heavy (non-hydrogen) atoms. The highest BCUT2D eigenvalue weighted by atomic mass is 32.2. The van der Waals surface area contributed by atoms with Crippen LogP contribution in [0, 0.1) is 20.8 Å². The SMILES string of the molecule is C/C(=N\Nc1nc(C)c(N=Nc2ccccc2)s1)c1sc(NS(=O)(=O)c2ccc(C)cc2)nc1C. The number of rotatable bonds is 8. The summed E-state index contributed by atoms with van der Waals surface area (Å²) in [5.74, 6) is 0. The molecule has 12 heteroatoms. The summed E-state index contributed by atoms with van der Waals surface area (Å²) >= 11 is 2.56. The molecule has 2 heterocycles. The highest BCUT2D eigenvalue weighted by Gasteiger charge is 2.18. The Labute approximate surface area is 211 Å². The maximum atomic E-state index is 12.7. The number of sulfonamides is 1. The normalized spacial score (nSPS) is 12.3. The van der Waals surface area contributed by atoms with Gasteiger partial charge in [-0.15, -0.1) is 10.2 Å². The van der Waals surface area contributed by atoms with Crippen LogP contribution in [0.4, 0.5) is 21.0 Å². The summed E-state index contributed by atoms with van der Waals surface area (Å²) in [6.45, 7) is 7.39. The van der Waals surface area contributed by atoms with Gasteiger partial charge in [0, 0.05) is 0 Å². The molecule has 0 radical (unpaired) electrons. The molecular formula is C23H23N7O2S3. The van der Waals surface area contributed by atoms with Crippen LogP contribution in [0.1, 0.15) is 28.8 Å². The zero-order valence-corrected chi connectivity index (χ0v) is 21.9. The Balaban J connectivity index is 1.46. The van der Waals surface area contributed by atoms with Crippen LogP contribution in [0.15, 0.2) is 74.8 Å². The fraction of sp³-hybridized carbons (Fsp3) is 0.174. The molecule has 4 rings (SSSR count). The molecule has 0 bridgehead atoms. The van der Waals surface area contributed by atoms with Gasteiger partial charge in [-0.05, 0) is 52.0 Å². The predicted octanol–water partition coefficient (Wildman–Crippen LogP) is 6.58. The summed E-state index contributed by atoms with van der Waals surface area (Å²) in [7, 11) is -3.73. The lowest BCUT2D eigenvalue weighted by Gasteiger charge is -2.05. The van der Waals surface area contributed by atoms with Crippen LogP contribution >= 0.6 is 22.7 Å². The molecular weight excluding hydrogens is 503 g/mol. The maximum Gasteiger partial charge on any atom is 0.263 e. The van der Waals surface area contributed by atoms with Gasteiger partial charge in [-0.3, -0.25) is 10.1 Å². The molecule has 0 spiro atoms. The van der Waals surface area contributed by atoms with E-state index in [2.05, 4.69) is 35.4 Å². The Hall–Kier alpha value is -3.48. The van der Waals surface area contributed by atoms with E-state index in [1.807, 2.05) is 58.0 Å². The number of hydrazone groups is 1. The van der Waals surface area contributed by atoms with Gasteiger partial charge in [0.25, 0.3) is 10.0 Å². The smallest absolute Gasteiger partial charge is 0.255 e. The molecule has 2 aromatic heterocycles. The third-order valence-corrected chi connectivity index (χ3v) is 8.39. The van der Waals surface area contributed by atoms with Crippen molar-refractivity contribution in [2.75, 3.05) is 10.1 Å². The average Bonchev–Trinajstić information content (AvgIpc) is 3.37. The topological polar surface area (TPSA) is 121 Å². The van der Waals surface area contributed by atoms with E-state index >= 15 is 0 Å². The fourth-order valence-electron chi connectivity index (χ4n) is 2.98. The minimum Gasteiger partial charge on any atom is -0.255 e. The summed E-state index contributed by atoms with van der Waals surface area (Å²) in [4.78, 5) is 9.76. The van der Waals surface area contributed by atoms with Crippen molar-refractivity contribution < 1.29 is 8.42 Å². The number of thiazole rings is 2. The largest absolute Gasteiger partial charge is 0.263 e. The molecule has 0 fully saturated rings. The van der Waals surface area contributed by atoms with E-state index in [0.717, 1.165) is 21.8 Å². The molecule has 0 aliphatic carbocycles. The summed E-state index contributed by atoms with van der Waals surface area (Å²) in [5.41, 5.74) is 6.77. The first-order valence-corrected chi connectivity index (χ1v) is 13.6. The van der Waals surface area contributed by atoms with Crippen LogP contribution < -0.4 is 10.1 Å². The number of aromatic nitrogens is 2. The molecule has 2 aromatic carbocycles. The third-order valence-electron chi connectivity index (χ3n) is 4.78. The monoisotopic (exact) mass is 525 g/mol. The van der Waals surface area contributed by atoms with Crippen LogP contribution in [0.5, 0.6) is 0 Å². The molecule has 180 valence electrons. The van der Waals surface area contributed by atoms with Crippen molar-refractivity contribution in [3.8, 4) is 0 Å². The van der Waals surface area contributed by atoms with Gasteiger partial charge < -0.3 is 0 Å². The summed E-state index contributed by atoms with van der Waals surface area (Å²) < 4.78 is 27.9. The van der Waals surface area contributed by atoms with Crippen molar-refractivity contribution in [1.82, 2.24) is 9.97 Å². The summed E-state index contributed by atoms with van der Waals surface area (Å²) in [6.07, 6.45) is 0. The van der Waals surface area contributed by atoms with Gasteiger partial charge in [-0.1, -0.05) is 58.6 Å². The van der Waals surface area contributed by atoms with Crippen molar-refractivity contribution in [2.24, 2.45) is 15.3 Å². The molecule has 0 atom stereocenters. The highest BCUT2D eigenvalue weighted by Crippen LogP contribution is 2.32. The molecule has 0 unspecified atom stereocenters. The van der Waals surface area contributed by atoms with Crippen LogP contribution in [0.3, 0.4) is 0 Å². The Kier molecular flexibility index (Phi) is 7.34. The number of hydrogen-bond acceptors (Lipinski definition) is 10. The van der Waals surface area contributed by atoms with E-state index in [-0.39, 0.29) is 10.0 Å². The second kappa shape index (κ2) is 10.4. The fourth-order valence-corrected chi connectivity index (χ4v) is 5.85. The van der Waals surface area contributed by atoms with E-state index < -0.39 is 10.0 Å². The van der Waals surface area contributed by atoms with Gasteiger partial charge in [0.2, 0.25) is 5.13 Å². The molecule has 0 aliphatic rings. The van der Waals surface area contributed by atoms with E-state index in [4.69, 9.17) is 0 Å². The lowest BCUT2D eigenvalue weighted by Crippen LogP contribution is -2.12. The number of aryl methyl sites for hydroxylation is 3. The van der Waals surface area contributed by atoms with Crippen LogP contribution in [-0.2, 0) is 10.0 Å². The number of anilines is 2. The Morgan fingerprint density at radius 3 is 2.26 bits per heavy atom. The molecule has 4 aromatic rings. The lowest BCUT2D eigenvalue weighted by atomic mass is 10.2. The first-order chi connectivity index (χ1) is 16.7. The summed E-state index contributed by atoms with van der Waals surface area (Å²) in [5, 5.41) is 14.5. The third kappa shape index (κ3) is 6.15. The predicted molar refractivity (Wildman–Crippen MR) is 142 cm³/mol. The van der Waals surface area contributed by atoms with Gasteiger partial charge >= 0.3 is 0 Å². The summed E-state index contributed by atoms with van der Waals surface area (Å²) in [6, 6.07) is 16.1. The van der Waals surface area contributed by atoms with Crippen molar-refractivity contribution in [2.45, 2.75) is 32.6 Å². The zero-order valence-electron chi connectivity index (χ0n) is 19.5. The van der Waals surface area contributed by atoms with Crippen LogP contribution in [0.2, 0.25) is 0 Å². The standard InChI is InChI=1S/C23H23N7O2S3/c1-14-10-12-19(13-11-14)35(31,32)30-23-24-15(2)20(33-23)16(3)26-29-22-25-17(4)21(34-22)28-27-18-8-6-5-7-9-18/h5-13H,1-4H3,(H,24,30)(H,25,29)/b26-16+,28-27?.